The van der Waals surface area contributed by atoms with Crippen LogP contribution in [0.2, 0.25) is 0 Å². The number of esters is 1. The molecule has 6 heteroatoms. The second kappa shape index (κ2) is 5.70. The number of carbonyl (C=O) groups is 1. The quantitative estimate of drug-likeness (QED) is 0.540. The molecule has 0 amide bonds. The van der Waals surface area contributed by atoms with E-state index in [9.17, 15) is 4.79 Å². The predicted molar refractivity (Wildman–Crippen MR) is 87.1 cm³/mol. The number of nitrogens with zero attached hydrogens (tertiary/aromatic N) is 2. The highest BCUT2D eigenvalue weighted by molar-refractivity contribution is 8.00. The fraction of sp³-hybridized carbons (Fsp3) is 0.235. The van der Waals surface area contributed by atoms with Gasteiger partial charge in [0.15, 0.2) is 11.6 Å². The van der Waals surface area contributed by atoms with Crippen LogP contribution in [0.5, 0.6) is 0 Å². The van der Waals surface area contributed by atoms with Gasteiger partial charge in [-0.15, -0.1) is 0 Å². The lowest BCUT2D eigenvalue weighted by Gasteiger charge is -2.09. The van der Waals surface area contributed by atoms with E-state index in [1.165, 1.54) is 11.8 Å². The SMILES string of the molecule is C[C@@H]1C[C@@H](Sc2nc(-c3ccco3)nc3ccccc23)C(=O)O1. The highest BCUT2D eigenvalue weighted by Crippen LogP contribution is 2.35. The van der Waals surface area contributed by atoms with Gasteiger partial charge in [-0.2, -0.15) is 0 Å². The van der Waals surface area contributed by atoms with Crippen LogP contribution in [0, 0.1) is 0 Å². The summed E-state index contributed by atoms with van der Waals surface area (Å²) in [5.74, 6) is 0.959. The molecule has 1 saturated heterocycles. The maximum atomic E-state index is 11.9. The molecule has 0 spiro atoms. The Kier molecular flexibility index (Phi) is 3.53. The summed E-state index contributed by atoms with van der Waals surface area (Å²) >= 11 is 1.44. The van der Waals surface area contributed by atoms with Crippen LogP contribution in [0.15, 0.2) is 52.1 Å². The first-order valence-corrected chi connectivity index (χ1v) is 8.26. The van der Waals surface area contributed by atoms with Crippen LogP contribution >= 0.6 is 11.8 Å². The van der Waals surface area contributed by atoms with E-state index in [-0.39, 0.29) is 17.3 Å². The summed E-state index contributed by atoms with van der Waals surface area (Å²) in [6, 6.07) is 11.4. The molecule has 2 atom stereocenters. The Morgan fingerprint density at radius 1 is 1.17 bits per heavy atom. The second-order valence-corrected chi connectivity index (χ2v) is 6.63. The minimum Gasteiger partial charge on any atom is -0.462 e. The van der Waals surface area contributed by atoms with E-state index in [2.05, 4.69) is 9.97 Å². The lowest BCUT2D eigenvalue weighted by atomic mass is 10.2. The number of para-hydroxylation sites is 1. The molecule has 1 aliphatic heterocycles. The van der Waals surface area contributed by atoms with Crippen molar-refractivity contribution in [1.29, 1.82) is 0 Å². The van der Waals surface area contributed by atoms with Crippen LogP contribution in [-0.2, 0) is 9.53 Å². The van der Waals surface area contributed by atoms with Crippen LogP contribution < -0.4 is 0 Å². The van der Waals surface area contributed by atoms with E-state index in [1.807, 2.05) is 37.3 Å². The van der Waals surface area contributed by atoms with E-state index in [4.69, 9.17) is 9.15 Å². The fourth-order valence-electron chi connectivity index (χ4n) is 2.60. The molecule has 3 heterocycles. The van der Waals surface area contributed by atoms with Crippen molar-refractivity contribution in [2.75, 3.05) is 0 Å². The normalized spacial score (nSPS) is 20.8. The number of furan rings is 1. The average Bonchev–Trinajstić information content (AvgIpc) is 3.17. The Morgan fingerprint density at radius 3 is 2.78 bits per heavy atom. The molecule has 1 fully saturated rings. The van der Waals surface area contributed by atoms with E-state index in [1.54, 1.807) is 12.3 Å². The van der Waals surface area contributed by atoms with Crippen LogP contribution in [0.1, 0.15) is 13.3 Å². The molecule has 23 heavy (non-hydrogen) atoms. The van der Waals surface area contributed by atoms with Gasteiger partial charge >= 0.3 is 5.97 Å². The molecule has 116 valence electrons. The number of carbonyl (C=O) groups excluding carboxylic acids is 1. The third kappa shape index (κ3) is 2.70. The summed E-state index contributed by atoms with van der Waals surface area (Å²) in [7, 11) is 0. The molecule has 4 rings (SSSR count). The fourth-order valence-corrected chi connectivity index (χ4v) is 3.83. The molecule has 0 unspecified atom stereocenters. The smallest absolute Gasteiger partial charge is 0.319 e. The van der Waals surface area contributed by atoms with Crippen molar-refractivity contribution in [1.82, 2.24) is 9.97 Å². The number of ether oxygens (including phenoxy) is 1. The maximum Gasteiger partial charge on any atom is 0.319 e. The third-order valence-electron chi connectivity index (χ3n) is 3.69. The largest absolute Gasteiger partial charge is 0.462 e. The van der Waals surface area contributed by atoms with Crippen molar-refractivity contribution in [3.8, 4) is 11.6 Å². The van der Waals surface area contributed by atoms with Crippen LogP contribution in [-0.4, -0.2) is 27.3 Å². The van der Waals surface area contributed by atoms with Gasteiger partial charge in [-0.1, -0.05) is 30.0 Å². The van der Waals surface area contributed by atoms with Crippen molar-refractivity contribution >= 4 is 28.6 Å². The molecule has 1 aromatic carbocycles. The summed E-state index contributed by atoms with van der Waals surface area (Å²) in [5.41, 5.74) is 0.829. The molecular formula is C17H14N2O3S. The Bertz CT molecular complexity index is 863. The first kappa shape index (κ1) is 14.3. The molecule has 3 aromatic rings. The molecule has 0 aliphatic carbocycles. The number of hydrogen-bond donors (Lipinski definition) is 0. The lowest BCUT2D eigenvalue weighted by molar-refractivity contribution is -0.140. The van der Waals surface area contributed by atoms with E-state index >= 15 is 0 Å². The standard InChI is InChI=1S/C17H14N2O3S/c1-10-9-14(17(20)22-10)23-16-11-5-2-3-6-12(11)18-15(19-16)13-7-4-8-21-13/h2-8,10,14H,9H2,1H3/t10-,14-/m1/s1. The van der Waals surface area contributed by atoms with Crippen molar-refractivity contribution in [3.05, 3.63) is 42.7 Å². The summed E-state index contributed by atoms with van der Waals surface area (Å²) in [5, 5.41) is 1.48. The molecule has 0 N–H and O–H groups in total. The molecule has 0 radical (unpaired) electrons. The second-order valence-electron chi connectivity index (χ2n) is 5.44. The van der Waals surface area contributed by atoms with Crippen molar-refractivity contribution in [3.63, 3.8) is 0 Å². The van der Waals surface area contributed by atoms with Gasteiger partial charge in [-0.3, -0.25) is 4.79 Å². The summed E-state index contributed by atoms with van der Waals surface area (Å²) in [6.45, 7) is 1.91. The van der Waals surface area contributed by atoms with Gasteiger partial charge in [0.05, 0.1) is 11.8 Å². The monoisotopic (exact) mass is 326 g/mol. The van der Waals surface area contributed by atoms with Crippen LogP contribution in [0.3, 0.4) is 0 Å². The van der Waals surface area contributed by atoms with E-state index in [0.717, 1.165) is 15.9 Å². The van der Waals surface area contributed by atoms with Gasteiger partial charge in [0.2, 0.25) is 0 Å². The summed E-state index contributed by atoms with van der Waals surface area (Å²) in [6.07, 6.45) is 2.24. The Labute approximate surface area is 137 Å². The predicted octanol–water partition coefficient (Wildman–Crippen LogP) is 3.69. The van der Waals surface area contributed by atoms with Gasteiger partial charge in [0, 0.05) is 11.8 Å². The Balaban J connectivity index is 1.79. The third-order valence-corrected chi connectivity index (χ3v) is 4.89. The molecular weight excluding hydrogens is 312 g/mol. The minimum absolute atomic E-state index is 0.0438. The number of hydrogen-bond acceptors (Lipinski definition) is 6. The Hall–Kier alpha value is -2.34. The minimum atomic E-state index is -0.229. The number of rotatable bonds is 3. The van der Waals surface area contributed by atoms with Gasteiger partial charge in [0.25, 0.3) is 0 Å². The molecule has 2 aromatic heterocycles. The highest BCUT2D eigenvalue weighted by atomic mass is 32.2. The van der Waals surface area contributed by atoms with E-state index in [0.29, 0.717) is 18.0 Å². The first-order valence-electron chi connectivity index (χ1n) is 7.38. The topological polar surface area (TPSA) is 65.2 Å². The van der Waals surface area contributed by atoms with Crippen LogP contribution in [0.25, 0.3) is 22.5 Å². The van der Waals surface area contributed by atoms with Gasteiger partial charge in [-0.05, 0) is 25.1 Å². The summed E-state index contributed by atoms with van der Waals surface area (Å²) < 4.78 is 10.6. The van der Waals surface area contributed by atoms with E-state index < -0.39 is 0 Å². The number of cyclic esters (lactones) is 1. The molecule has 0 bridgehead atoms. The number of thioether (sulfide) groups is 1. The van der Waals surface area contributed by atoms with Gasteiger partial charge < -0.3 is 9.15 Å². The average molecular weight is 326 g/mol. The lowest BCUT2D eigenvalue weighted by Crippen LogP contribution is -2.10. The number of benzene rings is 1. The maximum absolute atomic E-state index is 11.9. The number of aromatic nitrogens is 2. The zero-order valence-electron chi connectivity index (χ0n) is 12.4. The molecule has 5 nitrogen and oxygen atoms in total. The van der Waals surface area contributed by atoms with Gasteiger partial charge in [-0.25, -0.2) is 9.97 Å². The van der Waals surface area contributed by atoms with Crippen molar-refractivity contribution in [2.45, 2.75) is 29.7 Å². The van der Waals surface area contributed by atoms with Crippen LogP contribution in [0.4, 0.5) is 0 Å². The van der Waals surface area contributed by atoms with Gasteiger partial charge in [0.1, 0.15) is 16.4 Å². The Morgan fingerprint density at radius 2 is 2.04 bits per heavy atom. The molecule has 0 saturated carbocycles. The molecule has 1 aliphatic rings. The van der Waals surface area contributed by atoms with Crippen molar-refractivity contribution in [2.24, 2.45) is 0 Å². The van der Waals surface area contributed by atoms with Crippen molar-refractivity contribution < 1.29 is 13.9 Å². The summed E-state index contributed by atoms with van der Waals surface area (Å²) in [4.78, 5) is 21.1. The number of fused-ring (bicyclic) bond motifs is 1. The zero-order chi connectivity index (χ0) is 15.8. The highest BCUT2D eigenvalue weighted by Gasteiger charge is 2.33. The zero-order valence-corrected chi connectivity index (χ0v) is 13.2. The first-order chi connectivity index (χ1) is 11.2.